The van der Waals surface area contributed by atoms with Crippen LogP contribution in [0.25, 0.3) is 0 Å². The first-order valence-corrected chi connectivity index (χ1v) is 5.23. The number of carboxylic acid groups (broad SMARTS) is 1. The van der Waals surface area contributed by atoms with Gasteiger partial charge in [0.05, 0.1) is 11.3 Å². The largest absolute Gasteiger partial charge is 0.872 e. The highest BCUT2D eigenvalue weighted by Crippen LogP contribution is 2.20. The quantitative estimate of drug-likeness (QED) is 0.836. The lowest BCUT2D eigenvalue weighted by atomic mass is 10.1. The standard InChI is InChI=1S/C12H15NO5/c1-12(2,3)18-11(17)13-9-5-4-7(14)6-8(9)10(15)16/h4-6,14H,1-3H3,(H,13,17)(H,15,16)/p-1. The lowest BCUT2D eigenvalue weighted by Gasteiger charge is -2.20. The molecule has 0 saturated heterocycles. The van der Waals surface area contributed by atoms with Crippen molar-refractivity contribution >= 4 is 17.7 Å². The van der Waals surface area contributed by atoms with Gasteiger partial charge in [0.25, 0.3) is 0 Å². The predicted molar refractivity (Wildman–Crippen MR) is 62.7 cm³/mol. The Hall–Kier alpha value is -2.24. The van der Waals surface area contributed by atoms with E-state index in [1.807, 2.05) is 0 Å². The molecule has 0 aliphatic rings. The van der Waals surface area contributed by atoms with Crippen molar-refractivity contribution in [2.75, 3.05) is 5.32 Å². The Balaban J connectivity index is 2.91. The molecule has 1 rings (SSSR count). The van der Waals surface area contributed by atoms with Gasteiger partial charge in [-0.3, -0.25) is 5.32 Å². The van der Waals surface area contributed by atoms with Gasteiger partial charge in [-0.2, -0.15) is 0 Å². The molecule has 0 heterocycles. The number of ether oxygens (including phenoxy) is 1. The number of hydrogen-bond acceptors (Lipinski definition) is 4. The van der Waals surface area contributed by atoms with Crippen LogP contribution in [0, 0.1) is 0 Å². The summed E-state index contributed by atoms with van der Waals surface area (Å²) in [6.07, 6.45) is -0.774. The average molecular weight is 252 g/mol. The first-order chi connectivity index (χ1) is 8.19. The summed E-state index contributed by atoms with van der Waals surface area (Å²) in [7, 11) is 0. The van der Waals surface area contributed by atoms with Crippen molar-refractivity contribution in [3.05, 3.63) is 23.8 Å². The molecule has 6 nitrogen and oxygen atoms in total. The molecule has 0 aromatic heterocycles. The van der Waals surface area contributed by atoms with Gasteiger partial charge in [-0.15, -0.1) is 5.75 Å². The number of anilines is 1. The summed E-state index contributed by atoms with van der Waals surface area (Å²) in [6, 6.07) is 3.34. The number of nitrogens with one attached hydrogen (secondary N) is 1. The molecule has 0 fully saturated rings. The molecule has 18 heavy (non-hydrogen) atoms. The molecular weight excluding hydrogens is 238 g/mol. The fraction of sp³-hybridized carbons (Fsp3) is 0.333. The number of rotatable bonds is 2. The van der Waals surface area contributed by atoms with Gasteiger partial charge in [0.2, 0.25) is 0 Å². The number of amides is 1. The van der Waals surface area contributed by atoms with Gasteiger partial charge in [0.15, 0.2) is 0 Å². The summed E-state index contributed by atoms with van der Waals surface area (Å²) >= 11 is 0. The van der Waals surface area contributed by atoms with Gasteiger partial charge in [-0.05, 0) is 26.8 Å². The third kappa shape index (κ3) is 3.97. The minimum absolute atomic E-state index is 0.0244. The molecule has 98 valence electrons. The number of aromatic carboxylic acids is 1. The molecule has 0 bridgehead atoms. The monoisotopic (exact) mass is 252 g/mol. The molecule has 1 aromatic rings. The van der Waals surface area contributed by atoms with Gasteiger partial charge < -0.3 is 14.9 Å². The van der Waals surface area contributed by atoms with Gasteiger partial charge in [-0.1, -0.05) is 12.1 Å². The van der Waals surface area contributed by atoms with E-state index in [0.29, 0.717) is 0 Å². The fourth-order valence-electron chi connectivity index (χ4n) is 1.22. The van der Waals surface area contributed by atoms with E-state index in [2.05, 4.69) is 5.32 Å². The van der Waals surface area contributed by atoms with Gasteiger partial charge >= 0.3 is 12.1 Å². The zero-order chi connectivity index (χ0) is 13.9. The Bertz CT molecular complexity index is 476. The van der Waals surface area contributed by atoms with Crippen LogP contribution in [0.4, 0.5) is 10.5 Å². The summed E-state index contributed by atoms with van der Waals surface area (Å²) in [5, 5.41) is 22.3. The summed E-state index contributed by atoms with van der Waals surface area (Å²) in [5.74, 6) is -1.74. The Morgan fingerprint density at radius 2 is 1.94 bits per heavy atom. The molecule has 0 aliphatic carbocycles. The molecule has 0 aliphatic heterocycles. The Kier molecular flexibility index (Phi) is 3.80. The zero-order valence-electron chi connectivity index (χ0n) is 10.3. The van der Waals surface area contributed by atoms with Crippen LogP contribution < -0.4 is 10.4 Å². The summed E-state index contributed by atoms with van der Waals surface area (Å²) < 4.78 is 4.99. The van der Waals surface area contributed by atoms with Crippen LogP contribution in [0.2, 0.25) is 0 Å². The van der Waals surface area contributed by atoms with E-state index in [1.54, 1.807) is 20.8 Å². The second kappa shape index (κ2) is 4.95. The highest BCUT2D eigenvalue weighted by molar-refractivity contribution is 5.99. The van der Waals surface area contributed by atoms with Gasteiger partial charge in [0, 0.05) is 0 Å². The number of hydrogen-bond donors (Lipinski definition) is 2. The Morgan fingerprint density at radius 3 is 2.44 bits per heavy atom. The van der Waals surface area contributed by atoms with E-state index in [9.17, 15) is 14.7 Å². The van der Waals surface area contributed by atoms with Gasteiger partial charge in [0.1, 0.15) is 5.60 Å². The molecule has 0 radical (unpaired) electrons. The Labute approximate surface area is 104 Å². The second-order valence-electron chi connectivity index (χ2n) is 4.64. The molecule has 1 aromatic carbocycles. The van der Waals surface area contributed by atoms with Crippen LogP contribution in [-0.4, -0.2) is 22.8 Å². The van der Waals surface area contributed by atoms with Crippen molar-refractivity contribution in [2.45, 2.75) is 26.4 Å². The van der Waals surface area contributed by atoms with Crippen molar-refractivity contribution in [1.82, 2.24) is 0 Å². The summed E-state index contributed by atoms with van der Waals surface area (Å²) in [5.41, 5.74) is -0.934. The number of benzene rings is 1. The molecule has 0 atom stereocenters. The smallest absolute Gasteiger partial charge is 0.412 e. The number of carbonyl (C=O) groups excluding carboxylic acids is 1. The second-order valence-corrected chi connectivity index (χ2v) is 4.64. The van der Waals surface area contributed by atoms with Crippen LogP contribution in [0.15, 0.2) is 18.2 Å². The average Bonchev–Trinajstić information content (AvgIpc) is 2.17. The first-order valence-electron chi connectivity index (χ1n) is 5.23. The van der Waals surface area contributed by atoms with Crippen molar-refractivity contribution in [3.8, 4) is 5.75 Å². The van der Waals surface area contributed by atoms with Gasteiger partial charge in [-0.25, -0.2) is 9.59 Å². The zero-order valence-corrected chi connectivity index (χ0v) is 10.3. The highest BCUT2D eigenvalue weighted by Gasteiger charge is 2.18. The third-order valence-electron chi connectivity index (χ3n) is 1.86. The topological polar surface area (TPSA) is 98.7 Å². The highest BCUT2D eigenvalue weighted by atomic mass is 16.6. The normalized spacial score (nSPS) is 10.8. The molecule has 0 unspecified atom stereocenters. The lowest BCUT2D eigenvalue weighted by Crippen LogP contribution is -2.27. The molecule has 6 heteroatoms. The van der Waals surface area contributed by atoms with Crippen LogP contribution in [-0.2, 0) is 4.74 Å². The summed E-state index contributed by atoms with van der Waals surface area (Å²) in [6.45, 7) is 5.06. The lowest BCUT2D eigenvalue weighted by molar-refractivity contribution is -0.268. The van der Waals surface area contributed by atoms with Crippen LogP contribution in [0.5, 0.6) is 5.75 Å². The van der Waals surface area contributed by atoms with Crippen LogP contribution in [0.3, 0.4) is 0 Å². The first kappa shape index (κ1) is 13.8. The van der Waals surface area contributed by atoms with Crippen molar-refractivity contribution in [2.24, 2.45) is 0 Å². The van der Waals surface area contributed by atoms with Crippen molar-refractivity contribution in [3.63, 3.8) is 0 Å². The fourth-order valence-corrected chi connectivity index (χ4v) is 1.22. The molecule has 2 N–H and O–H groups in total. The van der Waals surface area contributed by atoms with Crippen LogP contribution in [0.1, 0.15) is 31.1 Å². The minimum Gasteiger partial charge on any atom is -0.872 e. The van der Waals surface area contributed by atoms with E-state index < -0.39 is 23.4 Å². The van der Waals surface area contributed by atoms with Crippen molar-refractivity contribution < 1.29 is 24.5 Å². The maximum Gasteiger partial charge on any atom is 0.412 e. The number of carboxylic acids is 1. The molecule has 1 amide bonds. The predicted octanol–water partition coefficient (Wildman–Crippen LogP) is 1.81. The van der Waals surface area contributed by atoms with E-state index in [-0.39, 0.29) is 11.3 Å². The maximum absolute atomic E-state index is 11.5. The molecule has 0 spiro atoms. The summed E-state index contributed by atoms with van der Waals surface area (Å²) in [4.78, 5) is 22.4. The van der Waals surface area contributed by atoms with Crippen molar-refractivity contribution in [1.29, 1.82) is 0 Å². The number of carbonyl (C=O) groups is 2. The van der Waals surface area contributed by atoms with E-state index in [0.717, 1.165) is 6.07 Å². The maximum atomic E-state index is 11.5. The van der Waals surface area contributed by atoms with E-state index >= 15 is 0 Å². The van der Waals surface area contributed by atoms with Crippen LogP contribution >= 0.6 is 0 Å². The third-order valence-corrected chi connectivity index (χ3v) is 1.86. The SMILES string of the molecule is CC(C)(C)OC(=O)Nc1ccc([O-])cc1C(=O)O. The van der Waals surface area contributed by atoms with E-state index in [1.165, 1.54) is 12.1 Å². The molecule has 0 saturated carbocycles. The minimum atomic E-state index is -1.29. The Morgan fingerprint density at radius 1 is 1.33 bits per heavy atom. The molecular formula is C12H14NO5-. The van der Waals surface area contributed by atoms with E-state index in [4.69, 9.17) is 9.84 Å².